The first-order chi connectivity index (χ1) is 11.7. The highest BCUT2D eigenvalue weighted by Gasteiger charge is 2.32. The van der Waals surface area contributed by atoms with Crippen LogP contribution in [0.25, 0.3) is 0 Å². The number of halogens is 1. The van der Waals surface area contributed by atoms with Gasteiger partial charge in [-0.2, -0.15) is 5.10 Å². The van der Waals surface area contributed by atoms with Gasteiger partial charge in [0.1, 0.15) is 5.75 Å². The first-order valence-electron chi connectivity index (χ1n) is 8.45. The van der Waals surface area contributed by atoms with Crippen LogP contribution in [0, 0.1) is 0 Å². The van der Waals surface area contributed by atoms with Crippen LogP contribution in [0.4, 0.5) is 0 Å². The molecule has 1 aliphatic heterocycles. The number of aromatic nitrogens is 2. The van der Waals surface area contributed by atoms with Crippen molar-refractivity contribution in [2.24, 2.45) is 0 Å². The van der Waals surface area contributed by atoms with Gasteiger partial charge >= 0.3 is 0 Å². The van der Waals surface area contributed by atoms with Crippen LogP contribution in [0.15, 0.2) is 22.7 Å². The summed E-state index contributed by atoms with van der Waals surface area (Å²) in [7, 11) is 0. The number of amides is 1. The lowest BCUT2D eigenvalue weighted by molar-refractivity contribution is 0.0727. The van der Waals surface area contributed by atoms with Gasteiger partial charge in [-0.15, -0.1) is 0 Å². The molecule has 0 saturated heterocycles. The molecule has 2 heterocycles. The molecule has 1 saturated carbocycles. The lowest BCUT2D eigenvalue weighted by Crippen LogP contribution is -2.36. The molecule has 0 radical (unpaired) electrons. The summed E-state index contributed by atoms with van der Waals surface area (Å²) in [4.78, 5) is 14.8. The second kappa shape index (κ2) is 6.24. The van der Waals surface area contributed by atoms with Crippen LogP contribution in [0.1, 0.15) is 53.0 Å². The maximum absolute atomic E-state index is 12.9. The Morgan fingerprint density at radius 1 is 1.42 bits per heavy atom. The Bertz CT molecular complexity index is 783. The molecule has 1 aliphatic carbocycles. The van der Waals surface area contributed by atoms with E-state index in [0.29, 0.717) is 24.8 Å². The zero-order valence-corrected chi connectivity index (χ0v) is 15.2. The number of rotatable bonds is 4. The number of aromatic amines is 1. The fraction of sp³-hybridized carbons (Fsp3) is 0.444. The molecule has 1 aromatic carbocycles. The van der Waals surface area contributed by atoms with Gasteiger partial charge in [0.2, 0.25) is 0 Å². The van der Waals surface area contributed by atoms with E-state index in [2.05, 4.69) is 32.2 Å². The molecule has 0 spiro atoms. The van der Waals surface area contributed by atoms with Crippen LogP contribution in [-0.2, 0) is 13.0 Å². The smallest absolute Gasteiger partial charge is 0.275 e. The predicted molar refractivity (Wildman–Crippen MR) is 94.3 cm³/mol. The minimum absolute atomic E-state index is 0.0162. The first-order valence-corrected chi connectivity index (χ1v) is 9.24. The highest BCUT2D eigenvalue weighted by atomic mass is 79.9. The van der Waals surface area contributed by atoms with Crippen molar-refractivity contribution in [2.75, 3.05) is 13.2 Å². The molecule has 2 aromatic rings. The third-order valence-electron chi connectivity index (χ3n) is 4.71. The van der Waals surface area contributed by atoms with E-state index in [1.807, 2.05) is 24.0 Å². The molecular weight excluding hydrogens is 370 g/mol. The molecule has 6 heteroatoms. The maximum atomic E-state index is 12.9. The highest BCUT2D eigenvalue weighted by Crippen LogP contribution is 2.43. The summed E-state index contributed by atoms with van der Waals surface area (Å²) in [5.74, 6) is 1.38. The van der Waals surface area contributed by atoms with E-state index in [0.717, 1.165) is 34.4 Å². The minimum Gasteiger partial charge on any atom is -0.494 e. The summed E-state index contributed by atoms with van der Waals surface area (Å²) in [6, 6.07) is 6.16. The van der Waals surface area contributed by atoms with Gasteiger partial charge in [-0.05, 0) is 65.4 Å². The number of carbonyl (C=O) groups excluding carboxylic acids is 1. The summed E-state index contributed by atoms with van der Waals surface area (Å²) in [6.07, 6.45) is 3.21. The minimum atomic E-state index is -0.0162. The maximum Gasteiger partial charge on any atom is 0.275 e. The van der Waals surface area contributed by atoms with Gasteiger partial charge in [0, 0.05) is 19.0 Å². The van der Waals surface area contributed by atoms with Crippen molar-refractivity contribution in [3.05, 3.63) is 45.2 Å². The zero-order chi connectivity index (χ0) is 16.7. The van der Waals surface area contributed by atoms with Gasteiger partial charge < -0.3 is 9.64 Å². The molecule has 4 rings (SSSR count). The van der Waals surface area contributed by atoms with Crippen LogP contribution < -0.4 is 4.74 Å². The fourth-order valence-electron chi connectivity index (χ4n) is 3.24. The number of nitrogens with one attached hydrogen (secondary N) is 1. The number of benzene rings is 1. The van der Waals surface area contributed by atoms with Crippen LogP contribution >= 0.6 is 15.9 Å². The Morgan fingerprint density at radius 2 is 2.25 bits per heavy atom. The van der Waals surface area contributed by atoms with E-state index in [-0.39, 0.29) is 5.91 Å². The van der Waals surface area contributed by atoms with Crippen molar-refractivity contribution in [3.8, 4) is 5.75 Å². The average molecular weight is 390 g/mol. The van der Waals surface area contributed by atoms with E-state index in [9.17, 15) is 4.79 Å². The Balaban J connectivity index is 1.55. The molecule has 1 fully saturated rings. The second-order valence-corrected chi connectivity index (χ2v) is 7.21. The summed E-state index contributed by atoms with van der Waals surface area (Å²) >= 11 is 3.56. The molecule has 1 aromatic heterocycles. The molecule has 24 heavy (non-hydrogen) atoms. The van der Waals surface area contributed by atoms with Crippen LogP contribution in [0.2, 0.25) is 0 Å². The van der Waals surface area contributed by atoms with Crippen molar-refractivity contribution < 1.29 is 9.53 Å². The number of hydrogen-bond donors (Lipinski definition) is 1. The van der Waals surface area contributed by atoms with Crippen molar-refractivity contribution in [3.63, 3.8) is 0 Å². The number of hydrogen-bond acceptors (Lipinski definition) is 3. The first kappa shape index (κ1) is 15.7. The highest BCUT2D eigenvalue weighted by molar-refractivity contribution is 9.10. The van der Waals surface area contributed by atoms with Crippen LogP contribution in [0.5, 0.6) is 5.75 Å². The van der Waals surface area contributed by atoms with E-state index in [1.54, 1.807) is 0 Å². The standard InChI is InChI=1S/C18H20BrN3O2/c1-2-24-14-6-5-11-7-8-22(10-13(11)9-14)18(23)17-15(19)16(20-21-17)12-3-4-12/h5-6,9,12H,2-4,7-8,10H2,1H3,(H,20,21). The Labute approximate surface area is 149 Å². The van der Waals surface area contributed by atoms with Crippen molar-refractivity contribution in [1.29, 1.82) is 0 Å². The lowest BCUT2D eigenvalue weighted by Gasteiger charge is -2.28. The van der Waals surface area contributed by atoms with Gasteiger partial charge in [-0.3, -0.25) is 9.89 Å². The summed E-state index contributed by atoms with van der Waals surface area (Å²) in [5, 5.41) is 7.30. The molecule has 5 nitrogen and oxygen atoms in total. The number of H-pyrrole nitrogens is 1. The predicted octanol–water partition coefficient (Wildman–Crippen LogP) is 3.65. The molecule has 0 unspecified atom stereocenters. The van der Waals surface area contributed by atoms with Crippen LogP contribution in [-0.4, -0.2) is 34.2 Å². The second-order valence-electron chi connectivity index (χ2n) is 6.41. The molecule has 1 N–H and O–H groups in total. The monoisotopic (exact) mass is 389 g/mol. The summed E-state index contributed by atoms with van der Waals surface area (Å²) in [6.45, 7) is 3.94. The van der Waals surface area contributed by atoms with E-state index >= 15 is 0 Å². The molecule has 2 aliphatic rings. The van der Waals surface area contributed by atoms with Gasteiger partial charge in [-0.25, -0.2) is 0 Å². The Kier molecular flexibility index (Phi) is 4.08. The summed E-state index contributed by atoms with van der Waals surface area (Å²) in [5.41, 5.74) is 4.02. The van der Waals surface area contributed by atoms with Crippen molar-refractivity contribution in [2.45, 2.75) is 38.6 Å². The van der Waals surface area contributed by atoms with Gasteiger partial charge in [0.05, 0.1) is 16.8 Å². The Hall–Kier alpha value is -1.82. The SMILES string of the molecule is CCOc1ccc2c(c1)CN(C(=O)c1n[nH]c(C3CC3)c1Br)CC2. The van der Waals surface area contributed by atoms with Crippen molar-refractivity contribution in [1.82, 2.24) is 15.1 Å². The third-order valence-corrected chi connectivity index (χ3v) is 5.51. The largest absolute Gasteiger partial charge is 0.494 e. The molecule has 126 valence electrons. The summed E-state index contributed by atoms with van der Waals surface area (Å²) < 4.78 is 6.42. The van der Waals surface area contributed by atoms with Crippen LogP contribution in [0.3, 0.4) is 0 Å². The Morgan fingerprint density at radius 3 is 3.00 bits per heavy atom. The fourth-order valence-corrected chi connectivity index (χ4v) is 3.91. The van der Waals surface area contributed by atoms with E-state index < -0.39 is 0 Å². The molecule has 1 amide bonds. The molecule has 0 atom stereocenters. The van der Waals surface area contributed by atoms with E-state index in [4.69, 9.17) is 4.74 Å². The normalized spacial score (nSPS) is 16.8. The number of carbonyl (C=O) groups is 1. The van der Waals surface area contributed by atoms with E-state index in [1.165, 1.54) is 18.4 Å². The van der Waals surface area contributed by atoms with Crippen molar-refractivity contribution >= 4 is 21.8 Å². The number of fused-ring (bicyclic) bond motifs is 1. The topological polar surface area (TPSA) is 58.2 Å². The lowest BCUT2D eigenvalue weighted by atomic mass is 9.99. The third kappa shape index (κ3) is 2.83. The van der Waals surface area contributed by atoms with Gasteiger partial charge in [0.25, 0.3) is 5.91 Å². The number of ether oxygens (including phenoxy) is 1. The average Bonchev–Trinajstić information content (AvgIpc) is 3.36. The number of nitrogens with zero attached hydrogens (tertiary/aromatic N) is 2. The quantitative estimate of drug-likeness (QED) is 0.867. The van der Waals surface area contributed by atoms with Gasteiger partial charge in [-0.1, -0.05) is 6.07 Å². The molecule has 0 bridgehead atoms. The molecular formula is C18H20BrN3O2. The van der Waals surface area contributed by atoms with Gasteiger partial charge in [0.15, 0.2) is 5.69 Å². The zero-order valence-electron chi connectivity index (χ0n) is 13.6.